The number of nitrogens with one attached hydrogen (secondary N) is 1. The third-order valence-corrected chi connectivity index (χ3v) is 3.10. The molecule has 0 aromatic heterocycles. The summed E-state index contributed by atoms with van der Waals surface area (Å²) in [6.45, 7) is 4.90. The van der Waals surface area contributed by atoms with Crippen molar-refractivity contribution in [2.75, 3.05) is 13.1 Å². The maximum absolute atomic E-state index is 13.9. The lowest BCUT2D eigenvalue weighted by molar-refractivity contribution is 0.409. The lowest BCUT2D eigenvalue weighted by Gasteiger charge is -2.18. The highest BCUT2D eigenvalue weighted by Gasteiger charge is 2.28. The lowest BCUT2D eigenvalue weighted by atomic mass is 9.93. The molecule has 0 bridgehead atoms. The molecule has 3 nitrogen and oxygen atoms in total. The molecular weight excluding hydrogens is 193 g/mol. The van der Waals surface area contributed by atoms with Gasteiger partial charge in [-0.15, -0.1) is 0 Å². The smallest absolute Gasteiger partial charge is 0.119 e. The molecule has 1 heterocycles. The lowest BCUT2D eigenvalue weighted by Crippen LogP contribution is -2.30. The number of rotatable bonds is 3. The van der Waals surface area contributed by atoms with Crippen LogP contribution in [0.3, 0.4) is 0 Å². The van der Waals surface area contributed by atoms with Gasteiger partial charge in [0, 0.05) is 13.1 Å². The minimum atomic E-state index is -0.569. The molecule has 3 unspecified atom stereocenters. The van der Waals surface area contributed by atoms with Crippen LogP contribution in [0.25, 0.3) is 0 Å². The maximum atomic E-state index is 13.9. The molecule has 1 fully saturated rings. The van der Waals surface area contributed by atoms with E-state index in [0.29, 0.717) is 18.7 Å². The Kier molecular flexibility index (Phi) is 4.25. The summed E-state index contributed by atoms with van der Waals surface area (Å²) < 4.78 is 13.9. The number of halogens is 1. The summed E-state index contributed by atoms with van der Waals surface area (Å²) in [7, 11) is 0. The second kappa shape index (κ2) is 5.24. The summed E-state index contributed by atoms with van der Waals surface area (Å²) in [5.74, 6) is -0.529. The van der Waals surface area contributed by atoms with Crippen molar-refractivity contribution in [3.8, 4) is 6.07 Å². The molecule has 1 saturated heterocycles. The van der Waals surface area contributed by atoms with Crippen molar-refractivity contribution < 1.29 is 4.39 Å². The molecular formula is C11H18FN3. The van der Waals surface area contributed by atoms with Crippen LogP contribution in [0.5, 0.6) is 0 Å². The van der Waals surface area contributed by atoms with Gasteiger partial charge in [-0.05, 0) is 11.5 Å². The Bertz CT molecular complexity index is 293. The number of hydrogen-bond acceptors (Lipinski definition) is 3. The average Bonchev–Trinajstić information content (AvgIpc) is 2.73. The van der Waals surface area contributed by atoms with Gasteiger partial charge in [0.2, 0.25) is 0 Å². The first kappa shape index (κ1) is 12.2. The molecule has 15 heavy (non-hydrogen) atoms. The summed E-state index contributed by atoms with van der Waals surface area (Å²) in [5, 5.41) is 11.8. The zero-order valence-electron chi connectivity index (χ0n) is 9.26. The fourth-order valence-corrected chi connectivity index (χ4v) is 1.69. The van der Waals surface area contributed by atoms with E-state index >= 15 is 0 Å². The largest absolute Gasteiger partial charge is 0.322 e. The van der Waals surface area contributed by atoms with E-state index < -0.39 is 6.04 Å². The molecule has 0 radical (unpaired) electrons. The highest BCUT2D eigenvalue weighted by atomic mass is 19.1. The Hall–Kier alpha value is -0.920. The van der Waals surface area contributed by atoms with E-state index in [9.17, 15) is 4.39 Å². The van der Waals surface area contributed by atoms with E-state index in [-0.39, 0.29) is 17.7 Å². The third kappa shape index (κ3) is 2.55. The predicted octanol–water partition coefficient (Wildman–Crippen LogP) is 1.33. The summed E-state index contributed by atoms with van der Waals surface area (Å²) >= 11 is 0. The van der Waals surface area contributed by atoms with E-state index in [2.05, 4.69) is 11.4 Å². The van der Waals surface area contributed by atoms with E-state index in [1.54, 1.807) is 0 Å². The van der Waals surface area contributed by atoms with Crippen molar-refractivity contribution in [2.45, 2.75) is 26.3 Å². The highest BCUT2D eigenvalue weighted by Crippen LogP contribution is 2.25. The quantitative estimate of drug-likeness (QED) is 0.740. The normalized spacial score (nSPS) is 28.3. The molecule has 1 aliphatic rings. The summed E-state index contributed by atoms with van der Waals surface area (Å²) in [5.41, 5.74) is 6.34. The Balaban J connectivity index is 2.85. The van der Waals surface area contributed by atoms with Crippen molar-refractivity contribution in [3.63, 3.8) is 0 Å². The van der Waals surface area contributed by atoms with Crippen molar-refractivity contribution in [1.29, 1.82) is 5.26 Å². The van der Waals surface area contributed by atoms with Gasteiger partial charge in [0.1, 0.15) is 5.83 Å². The molecule has 0 saturated carbocycles. The highest BCUT2D eigenvalue weighted by molar-refractivity contribution is 5.26. The molecule has 1 rings (SSSR count). The van der Waals surface area contributed by atoms with E-state index in [0.717, 1.165) is 6.42 Å². The van der Waals surface area contributed by atoms with Crippen LogP contribution < -0.4 is 11.1 Å². The first-order valence-electron chi connectivity index (χ1n) is 5.36. The second-order valence-electron chi connectivity index (χ2n) is 4.10. The van der Waals surface area contributed by atoms with Gasteiger partial charge in [0.05, 0.1) is 18.0 Å². The summed E-state index contributed by atoms with van der Waals surface area (Å²) in [4.78, 5) is 0. The SMILES string of the molecule is CCC(C)C(N)C(F)=C1CNCC1C#N. The number of nitrogens with zero attached hydrogens (tertiary/aromatic N) is 1. The van der Waals surface area contributed by atoms with Gasteiger partial charge in [-0.25, -0.2) is 4.39 Å². The second-order valence-corrected chi connectivity index (χ2v) is 4.10. The van der Waals surface area contributed by atoms with Crippen LogP contribution in [-0.4, -0.2) is 19.1 Å². The monoisotopic (exact) mass is 211 g/mol. The predicted molar refractivity (Wildman–Crippen MR) is 57.5 cm³/mol. The first-order valence-corrected chi connectivity index (χ1v) is 5.36. The molecule has 0 spiro atoms. The number of nitrogens with two attached hydrogens (primary N) is 1. The summed E-state index contributed by atoms with van der Waals surface area (Å²) in [6, 6.07) is 1.52. The number of hydrogen-bond donors (Lipinski definition) is 2. The average molecular weight is 211 g/mol. The van der Waals surface area contributed by atoms with Gasteiger partial charge in [-0.3, -0.25) is 0 Å². The van der Waals surface area contributed by atoms with Crippen LogP contribution in [0, 0.1) is 23.2 Å². The van der Waals surface area contributed by atoms with E-state index in [1.807, 2.05) is 13.8 Å². The molecule has 84 valence electrons. The van der Waals surface area contributed by atoms with Crippen LogP contribution >= 0.6 is 0 Å². The van der Waals surface area contributed by atoms with E-state index in [4.69, 9.17) is 11.0 Å². The maximum Gasteiger partial charge on any atom is 0.119 e. The van der Waals surface area contributed by atoms with Gasteiger partial charge in [-0.1, -0.05) is 20.3 Å². The molecule has 0 aromatic rings. The van der Waals surface area contributed by atoms with Crippen LogP contribution in [0.4, 0.5) is 4.39 Å². The van der Waals surface area contributed by atoms with Crippen molar-refractivity contribution in [3.05, 3.63) is 11.4 Å². The number of nitriles is 1. The zero-order valence-corrected chi connectivity index (χ0v) is 9.26. The van der Waals surface area contributed by atoms with Gasteiger partial charge >= 0.3 is 0 Å². The van der Waals surface area contributed by atoms with Gasteiger partial charge in [0.15, 0.2) is 0 Å². The zero-order chi connectivity index (χ0) is 11.4. The van der Waals surface area contributed by atoms with Crippen molar-refractivity contribution in [2.24, 2.45) is 17.6 Å². The van der Waals surface area contributed by atoms with Gasteiger partial charge in [0.25, 0.3) is 0 Å². The van der Waals surface area contributed by atoms with Gasteiger partial charge < -0.3 is 11.1 Å². The Morgan fingerprint density at radius 1 is 1.80 bits per heavy atom. The van der Waals surface area contributed by atoms with Crippen molar-refractivity contribution in [1.82, 2.24) is 5.32 Å². The molecule has 0 amide bonds. The minimum absolute atomic E-state index is 0.109. The molecule has 3 atom stereocenters. The standard InChI is InChI=1S/C11H18FN3/c1-3-7(2)11(14)10(12)9-6-15-5-8(9)4-13/h7-8,11,15H,3,5-6,14H2,1-2H3. The van der Waals surface area contributed by atoms with Crippen LogP contribution in [0.2, 0.25) is 0 Å². The van der Waals surface area contributed by atoms with Crippen LogP contribution in [-0.2, 0) is 0 Å². The van der Waals surface area contributed by atoms with Crippen LogP contribution in [0.15, 0.2) is 11.4 Å². The first-order chi connectivity index (χ1) is 7.11. The Morgan fingerprint density at radius 3 is 3.00 bits per heavy atom. The minimum Gasteiger partial charge on any atom is -0.322 e. The summed E-state index contributed by atoms with van der Waals surface area (Å²) in [6.07, 6.45) is 0.840. The van der Waals surface area contributed by atoms with Crippen LogP contribution in [0.1, 0.15) is 20.3 Å². The Labute approximate surface area is 90.1 Å². The van der Waals surface area contributed by atoms with Crippen molar-refractivity contribution >= 4 is 0 Å². The third-order valence-electron chi connectivity index (χ3n) is 3.10. The fourth-order valence-electron chi connectivity index (χ4n) is 1.69. The molecule has 3 N–H and O–H groups in total. The van der Waals surface area contributed by atoms with Gasteiger partial charge in [-0.2, -0.15) is 5.26 Å². The Morgan fingerprint density at radius 2 is 2.47 bits per heavy atom. The molecule has 0 aliphatic carbocycles. The molecule has 1 aliphatic heterocycles. The molecule has 0 aromatic carbocycles. The topological polar surface area (TPSA) is 61.8 Å². The molecule has 4 heteroatoms. The fraction of sp³-hybridized carbons (Fsp3) is 0.727. The van der Waals surface area contributed by atoms with E-state index in [1.165, 1.54) is 0 Å².